The average Bonchev–Trinajstić information content (AvgIpc) is 3.84. The first-order valence-corrected chi connectivity index (χ1v) is 26.4. The van der Waals surface area contributed by atoms with Gasteiger partial charge in [0.1, 0.15) is 0 Å². The van der Waals surface area contributed by atoms with E-state index in [-0.39, 0.29) is 5.41 Å². The van der Waals surface area contributed by atoms with Crippen LogP contribution in [0.3, 0.4) is 0 Å². The van der Waals surface area contributed by atoms with Crippen LogP contribution in [0, 0.1) is 25.0 Å². The van der Waals surface area contributed by atoms with Crippen molar-refractivity contribution in [1.29, 1.82) is 0 Å². The molecule has 0 amide bonds. The number of fused-ring (bicyclic) bond motifs is 8. The molecule has 8 aromatic carbocycles. The molecule has 360 valence electrons. The fourth-order valence-corrected chi connectivity index (χ4v) is 12.2. The highest BCUT2D eigenvalue weighted by molar-refractivity contribution is 5.94. The van der Waals surface area contributed by atoms with Crippen LogP contribution in [0.1, 0.15) is 121 Å². The zero-order chi connectivity index (χ0) is 50.9. The second-order valence-corrected chi connectivity index (χ2v) is 20.4. The zero-order valence-corrected chi connectivity index (χ0v) is 43.8. The van der Waals surface area contributed by atoms with Gasteiger partial charge in [0.15, 0.2) is 0 Å². The number of nitrogens with zero attached hydrogens (tertiary/aromatic N) is 1. The zero-order valence-electron chi connectivity index (χ0n) is 43.8. The molecule has 2 unspecified atom stereocenters. The highest BCUT2D eigenvalue weighted by Crippen LogP contribution is 2.58. The van der Waals surface area contributed by atoms with Gasteiger partial charge in [-0.05, 0) is 165 Å². The van der Waals surface area contributed by atoms with Gasteiger partial charge in [-0.1, -0.05) is 223 Å². The number of hydrogen-bond donors (Lipinski definition) is 0. The van der Waals surface area contributed by atoms with Crippen LogP contribution in [0.2, 0.25) is 0 Å². The lowest BCUT2D eigenvalue weighted by atomic mass is 9.67. The standard InChI is InChI=1S/C67H55N.C3H6.C2H6/c1-44-27-37-57-58-38-36-54(43-64(58)66(4,5)63(57)41-44)68(53-34-30-48(31-35-53)55-24-13-12-17-45(55)2)52-32-28-47(29-33-52)49-19-16-18-46(3)56-39-40-62-65(60(56)42-49)59-25-14-15-26-61(59)67(62,50-20-8-6-9-21-50)51-22-10-7-11-23-51;1-3-2;1-2/h6-11,13-16,18-30,32-34,36-41,43,45,55H,3,12,17,42H2,1-2,4-5H3;3H,1H2,2H3;1-2H3/b18-16-,49-19+;;. The Kier molecular flexibility index (Phi) is 13.5. The molecule has 1 nitrogen and oxygen atoms in total. The summed E-state index contributed by atoms with van der Waals surface area (Å²) in [6.07, 6.45) is 16.2. The minimum absolute atomic E-state index is 0.131. The van der Waals surface area contributed by atoms with Gasteiger partial charge in [-0.3, -0.25) is 0 Å². The lowest BCUT2D eigenvalue weighted by Crippen LogP contribution is -2.28. The van der Waals surface area contributed by atoms with Crippen LogP contribution in [-0.2, 0) is 17.3 Å². The molecular formula is C72H67N. The molecule has 12 rings (SSSR count). The van der Waals surface area contributed by atoms with E-state index in [1.54, 1.807) is 6.08 Å². The second kappa shape index (κ2) is 20.3. The first-order valence-electron chi connectivity index (χ1n) is 26.4. The number of aryl methyl sites for hydroxylation is 1. The highest BCUT2D eigenvalue weighted by Gasteiger charge is 2.47. The van der Waals surface area contributed by atoms with Crippen LogP contribution in [0.25, 0.3) is 33.4 Å². The summed E-state index contributed by atoms with van der Waals surface area (Å²) in [7, 11) is 0. The van der Waals surface area contributed by atoms with Gasteiger partial charge in [-0.2, -0.15) is 0 Å². The van der Waals surface area contributed by atoms with Crippen molar-refractivity contribution in [1.82, 2.24) is 0 Å². The van der Waals surface area contributed by atoms with E-state index >= 15 is 0 Å². The molecule has 0 N–H and O–H groups in total. The van der Waals surface area contributed by atoms with Crippen molar-refractivity contribution in [2.24, 2.45) is 5.92 Å². The van der Waals surface area contributed by atoms with E-state index in [4.69, 9.17) is 0 Å². The van der Waals surface area contributed by atoms with Gasteiger partial charge in [-0.15, -0.1) is 6.58 Å². The van der Waals surface area contributed by atoms with Crippen molar-refractivity contribution in [3.8, 4) is 22.3 Å². The molecule has 0 aliphatic heterocycles. The predicted octanol–water partition coefficient (Wildman–Crippen LogP) is 19.2. The predicted molar refractivity (Wildman–Crippen MR) is 312 cm³/mol. The van der Waals surface area contributed by atoms with E-state index < -0.39 is 5.41 Å². The summed E-state index contributed by atoms with van der Waals surface area (Å²) in [6.45, 7) is 23.2. The van der Waals surface area contributed by atoms with Gasteiger partial charge < -0.3 is 4.90 Å². The van der Waals surface area contributed by atoms with Crippen LogP contribution < -0.4 is 4.90 Å². The molecule has 4 aliphatic carbocycles. The van der Waals surface area contributed by atoms with Crippen LogP contribution >= 0.6 is 0 Å². The van der Waals surface area contributed by atoms with Crippen molar-refractivity contribution in [2.75, 3.05) is 4.90 Å². The van der Waals surface area contributed by atoms with Gasteiger partial charge in [0.2, 0.25) is 0 Å². The molecule has 2 atom stereocenters. The normalized spacial score (nSPS) is 18.1. The van der Waals surface area contributed by atoms with Gasteiger partial charge in [0.05, 0.1) is 11.1 Å². The summed E-state index contributed by atoms with van der Waals surface area (Å²) >= 11 is 0. The van der Waals surface area contributed by atoms with E-state index in [0.717, 1.165) is 35.5 Å². The Bertz CT molecular complexity index is 3370. The van der Waals surface area contributed by atoms with Crippen molar-refractivity contribution >= 4 is 28.2 Å². The van der Waals surface area contributed by atoms with Gasteiger partial charge in [-0.25, -0.2) is 0 Å². The first kappa shape index (κ1) is 48.7. The minimum atomic E-state index is -0.468. The molecule has 0 saturated heterocycles. The fraction of sp³-hybridized carbons (Fsp3) is 0.194. The Morgan fingerprint density at radius 3 is 1.95 bits per heavy atom. The second-order valence-electron chi connectivity index (χ2n) is 20.4. The SMILES string of the molecule is C=C1/C=C\C=C(\c2ccc(N(c3c#cc(C4C=CCCC4C)cc3)c3ccc4c(c3)C(C)(C)c3cc(C)ccc3-4)cc2)Cc2c1ccc1c2-c2ccccc2C1(c1ccccc1)c1ccccc1.C=CC.CC. The van der Waals surface area contributed by atoms with Gasteiger partial charge in [0, 0.05) is 28.3 Å². The number of allylic oxidation sites excluding steroid dienone is 8. The molecule has 0 saturated carbocycles. The Balaban J connectivity index is 0.00000118. The van der Waals surface area contributed by atoms with Crippen LogP contribution in [0.5, 0.6) is 0 Å². The van der Waals surface area contributed by atoms with Crippen molar-refractivity contribution in [2.45, 2.75) is 84.5 Å². The number of anilines is 3. The molecule has 1 heteroatoms. The molecule has 0 radical (unpaired) electrons. The van der Waals surface area contributed by atoms with Crippen molar-refractivity contribution in [3.05, 3.63) is 293 Å². The molecule has 0 bridgehead atoms. The summed E-state index contributed by atoms with van der Waals surface area (Å²) in [5.74, 6) is 0.942. The average molecular weight is 946 g/mol. The number of benzene rings is 7. The molecule has 0 fully saturated rings. The molecule has 8 aromatic rings. The summed E-state index contributed by atoms with van der Waals surface area (Å²) in [6, 6.07) is 71.0. The van der Waals surface area contributed by atoms with E-state index in [2.05, 4.69) is 258 Å². The van der Waals surface area contributed by atoms with Crippen LogP contribution in [-0.4, -0.2) is 0 Å². The van der Waals surface area contributed by atoms with Crippen molar-refractivity contribution < 1.29 is 0 Å². The lowest BCUT2D eigenvalue weighted by Gasteiger charge is -2.34. The monoisotopic (exact) mass is 946 g/mol. The Labute approximate surface area is 436 Å². The third kappa shape index (κ3) is 8.44. The molecule has 73 heavy (non-hydrogen) atoms. The Morgan fingerprint density at radius 1 is 0.644 bits per heavy atom. The summed E-state index contributed by atoms with van der Waals surface area (Å²) in [4.78, 5) is 2.37. The molecule has 0 aromatic heterocycles. The van der Waals surface area contributed by atoms with Gasteiger partial charge >= 0.3 is 0 Å². The van der Waals surface area contributed by atoms with Crippen molar-refractivity contribution in [3.63, 3.8) is 0 Å². The maximum Gasteiger partial charge on any atom is 0.0973 e. The van der Waals surface area contributed by atoms with Gasteiger partial charge in [0.25, 0.3) is 0 Å². The van der Waals surface area contributed by atoms with E-state index in [1.807, 2.05) is 20.8 Å². The molecule has 0 heterocycles. The third-order valence-electron chi connectivity index (χ3n) is 15.7. The van der Waals surface area contributed by atoms with Crippen LogP contribution in [0.15, 0.2) is 219 Å². The Morgan fingerprint density at radius 2 is 1.27 bits per heavy atom. The quantitative estimate of drug-likeness (QED) is 0.144. The lowest BCUT2D eigenvalue weighted by molar-refractivity contribution is 0.469. The van der Waals surface area contributed by atoms with E-state index in [1.165, 1.54) is 95.4 Å². The number of hydrogen-bond acceptors (Lipinski definition) is 1. The number of rotatable bonds is 7. The maximum absolute atomic E-state index is 4.63. The minimum Gasteiger partial charge on any atom is -0.303 e. The van der Waals surface area contributed by atoms with E-state index in [9.17, 15) is 0 Å². The largest absolute Gasteiger partial charge is 0.303 e. The summed E-state index contributed by atoms with van der Waals surface area (Å²) in [5, 5.41) is 0. The maximum atomic E-state index is 4.63. The Hall–Kier alpha value is -7.92. The van der Waals surface area contributed by atoms with Crippen LogP contribution in [0.4, 0.5) is 17.1 Å². The third-order valence-corrected chi connectivity index (χ3v) is 15.7. The highest BCUT2D eigenvalue weighted by atomic mass is 15.1. The smallest absolute Gasteiger partial charge is 0.0973 e. The molecule has 4 aliphatic rings. The summed E-state index contributed by atoms with van der Waals surface area (Å²) < 4.78 is 0. The topological polar surface area (TPSA) is 3.24 Å². The van der Waals surface area contributed by atoms with E-state index in [0.29, 0.717) is 11.8 Å². The first-order chi connectivity index (χ1) is 35.6. The molecule has 0 spiro atoms. The summed E-state index contributed by atoms with van der Waals surface area (Å²) in [5.41, 5.74) is 24.3. The molecular weight excluding hydrogens is 879 g/mol. The fourth-order valence-electron chi connectivity index (χ4n) is 12.2.